The molecule has 0 saturated heterocycles. The predicted molar refractivity (Wildman–Crippen MR) is 87.2 cm³/mol. The van der Waals surface area contributed by atoms with Gasteiger partial charge in [-0.15, -0.1) is 6.58 Å². The second kappa shape index (κ2) is 12.2. The molecule has 0 bridgehead atoms. The number of aliphatic hydroxyl groups excluding tert-OH is 2. The maximum absolute atomic E-state index is 10.2. The second-order valence-electron chi connectivity index (χ2n) is 4.89. The third-order valence-electron chi connectivity index (χ3n) is 3.00. The zero-order valence-electron chi connectivity index (χ0n) is 13.8. The van der Waals surface area contributed by atoms with Crippen LogP contribution in [0.1, 0.15) is 47.5 Å². The molecule has 0 radical (unpaired) electrons. The van der Waals surface area contributed by atoms with Gasteiger partial charge >= 0.3 is 5.97 Å². The van der Waals surface area contributed by atoms with Gasteiger partial charge in [-0.1, -0.05) is 33.8 Å². The summed E-state index contributed by atoms with van der Waals surface area (Å²) < 4.78 is 0. The molecule has 3 atom stereocenters. The van der Waals surface area contributed by atoms with Gasteiger partial charge in [0.05, 0.1) is 12.0 Å². The summed E-state index contributed by atoms with van der Waals surface area (Å²) in [4.78, 5) is 10.2. The number of rotatable bonds is 4. The van der Waals surface area contributed by atoms with Crippen LogP contribution < -0.4 is 0 Å². The van der Waals surface area contributed by atoms with Crippen molar-refractivity contribution < 1.29 is 20.1 Å². The lowest BCUT2D eigenvalue weighted by Gasteiger charge is -2.20. The molecule has 1 aliphatic rings. The number of carbonyl (C=O) groups is 1. The first-order valence-electron chi connectivity index (χ1n) is 7.40. The molecule has 0 spiro atoms. The smallest absolute Gasteiger partial charge is 0.306 e. The van der Waals surface area contributed by atoms with Crippen molar-refractivity contribution in [3.8, 4) is 0 Å². The van der Waals surface area contributed by atoms with Gasteiger partial charge in [-0.2, -0.15) is 0 Å². The Balaban J connectivity index is 0. The molecule has 0 aromatic rings. The molecule has 0 aromatic heterocycles. The van der Waals surface area contributed by atoms with Crippen LogP contribution >= 0.6 is 0 Å². The van der Waals surface area contributed by atoms with E-state index in [-0.39, 0.29) is 17.6 Å². The summed E-state index contributed by atoms with van der Waals surface area (Å²) in [5.74, 6) is -0.667. The molecule has 0 saturated carbocycles. The molecular weight excluding hydrogens is 268 g/mol. The van der Waals surface area contributed by atoms with E-state index in [2.05, 4.69) is 6.58 Å². The Bertz CT molecular complexity index is 369. The molecule has 0 heterocycles. The van der Waals surface area contributed by atoms with Crippen LogP contribution in [0.25, 0.3) is 0 Å². The molecule has 0 fully saturated rings. The Morgan fingerprint density at radius 1 is 1.48 bits per heavy atom. The topological polar surface area (TPSA) is 77.8 Å². The molecule has 3 N–H and O–H groups in total. The van der Waals surface area contributed by atoms with Crippen LogP contribution in [0.15, 0.2) is 36.1 Å². The number of aliphatic carboxylic acids is 1. The van der Waals surface area contributed by atoms with Gasteiger partial charge in [-0.25, -0.2) is 0 Å². The summed E-state index contributed by atoms with van der Waals surface area (Å²) >= 11 is 0. The molecule has 4 heteroatoms. The minimum atomic E-state index is -0.725. The van der Waals surface area contributed by atoms with E-state index >= 15 is 0 Å². The predicted octanol–water partition coefficient (Wildman–Crippen LogP) is 4.08. The van der Waals surface area contributed by atoms with Crippen molar-refractivity contribution in [1.82, 2.24) is 0 Å². The molecule has 1 aliphatic carbocycles. The standard InChI is InChI=1S/C8H12O2.C7H12O2.C2H6/c1-5-3-7(9)4-6(2)8(5)10;1-3-4-5-6(2)7(8)9;1-2/h3-5,8-10H,1-2H3;3,6H,1,4-5H2,2H3,(H,8,9);1-2H3. The number of hydrogen-bond acceptors (Lipinski definition) is 3. The van der Waals surface area contributed by atoms with E-state index in [4.69, 9.17) is 10.2 Å². The lowest BCUT2D eigenvalue weighted by Crippen LogP contribution is -2.20. The van der Waals surface area contributed by atoms with E-state index in [1.807, 2.05) is 27.7 Å². The van der Waals surface area contributed by atoms with E-state index in [0.29, 0.717) is 6.42 Å². The van der Waals surface area contributed by atoms with E-state index in [9.17, 15) is 9.90 Å². The molecule has 0 aliphatic heterocycles. The minimum Gasteiger partial charge on any atom is -0.508 e. The molecule has 1 rings (SSSR count). The van der Waals surface area contributed by atoms with Crippen LogP contribution in [0.4, 0.5) is 0 Å². The first-order valence-corrected chi connectivity index (χ1v) is 7.40. The van der Waals surface area contributed by atoms with Crippen molar-refractivity contribution >= 4 is 5.97 Å². The summed E-state index contributed by atoms with van der Waals surface area (Å²) in [6.07, 6.45) is 6.03. The maximum atomic E-state index is 10.2. The van der Waals surface area contributed by atoms with Crippen LogP contribution in [-0.4, -0.2) is 27.4 Å². The molecule has 122 valence electrons. The first kappa shape index (κ1) is 21.7. The van der Waals surface area contributed by atoms with Crippen molar-refractivity contribution in [2.75, 3.05) is 0 Å². The highest BCUT2D eigenvalue weighted by Crippen LogP contribution is 2.20. The number of carboxylic acids is 1. The average Bonchev–Trinajstić information content (AvgIpc) is 2.44. The maximum Gasteiger partial charge on any atom is 0.306 e. The fourth-order valence-corrected chi connectivity index (χ4v) is 1.63. The fourth-order valence-electron chi connectivity index (χ4n) is 1.63. The van der Waals surface area contributed by atoms with E-state index in [0.717, 1.165) is 12.0 Å². The molecule has 21 heavy (non-hydrogen) atoms. The Morgan fingerprint density at radius 2 is 2.00 bits per heavy atom. The zero-order chi connectivity index (χ0) is 17.0. The quantitative estimate of drug-likeness (QED) is 0.683. The Morgan fingerprint density at radius 3 is 2.38 bits per heavy atom. The van der Waals surface area contributed by atoms with Gasteiger partial charge < -0.3 is 15.3 Å². The third-order valence-corrected chi connectivity index (χ3v) is 3.00. The number of allylic oxidation sites excluding steroid dienone is 2. The van der Waals surface area contributed by atoms with Crippen molar-refractivity contribution in [2.24, 2.45) is 11.8 Å². The van der Waals surface area contributed by atoms with E-state index in [1.54, 1.807) is 25.2 Å². The second-order valence-corrected chi connectivity index (χ2v) is 4.89. The number of carboxylic acid groups (broad SMARTS) is 1. The monoisotopic (exact) mass is 298 g/mol. The van der Waals surface area contributed by atoms with Crippen LogP contribution in [0.3, 0.4) is 0 Å². The highest BCUT2D eigenvalue weighted by atomic mass is 16.4. The van der Waals surface area contributed by atoms with Crippen molar-refractivity contribution in [2.45, 2.75) is 53.6 Å². The van der Waals surface area contributed by atoms with Gasteiger partial charge in [-0.05, 0) is 37.5 Å². The Labute approximate surface area is 128 Å². The Kier molecular flexibility index (Phi) is 12.6. The molecule has 3 unspecified atom stereocenters. The molecule has 0 aromatic carbocycles. The van der Waals surface area contributed by atoms with Crippen molar-refractivity contribution in [3.05, 3.63) is 36.1 Å². The highest BCUT2D eigenvalue weighted by Gasteiger charge is 2.18. The average molecular weight is 298 g/mol. The van der Waals surface area contributed by atoms with Gasteiger partial charge in [-0.3, -0.25) is 4.79 Å². The van der Waals surface area contributed by atoms with Gasteiger partial charge in [0, 0.05) is 5.92 Å². The van der Waals surface area contributed by atoms with Crippen molar-refractivity contribution in [1.29, 1.82) is 0 Å². The van der Waals surface area contributed by atoms with Gasteiger partial charge in [0.1, 0.15) is 5.76 Å². The summed E-state index contributed by atoms with van der Waals surface area (Å²) in [5.41, 5.74) is 0.826. The lowest BCUT2D eigenvalue weighted by molar-refractivity contribution is -0.141. The summed E-state index contributed by atoms with van der Waals surface area (Å²) in [6, 6.07) is 0. The van der Waals surface area contributed by atoms with Crippen LogP contribution in [-0.2, 0) is 4.79 Å². The summed E-state index contributed by atoms with van der Waals surface area (Å²) in [6.45, 7) is 12.9. The van der Waals surface area contributed by atoms with Gasteiger partial charge in [0.15, 0.2) is 0 Å². The van der Waals surface area contributed by atoms with E-state index in [1.165, 1.54) is 0 Å². The van der Waals surface area contributed by atoms with Crippen LogP contribution in [0.2, 0.25) is 0 Å². The number of aliphatic hydroxyl groups is 2. The van der Waals surface area contributed by atoms with Crippen LogP contribution in [0.5, 0.6) is 0 Å². The third kappa shape index (κ3) is 9.91. The highest BCUT2D eigenvalue weighted by molar-refractivity contribution is 5.69. The summed E-state index contributed by atoms with van der Waals surface area (Å²) in [7, 11) is 0. The lowest BCUT2D eigenvalue weighted by atomic mass is 9.93. The zero-order valence-corrected chi connectivity index (χ0v) is 13.8. The SMILES string of the molecule is C=CCCC(C)C(=O)O.CC.CC1=CC(O)=CC(C)C1O. The normalized spacial score (nSPS) is 21.4. The van der Waals surface area contributed by atoms with E-state index < -0.39 is 12.1 Å². The Hall–Kier alpha value is -1.55. The number of hydrogen-bond donors (Lipinski definition) is 3. The molecule has 0 amide bonds. The van der Waals surface area contributed by atoms with Crippen molar-refractivity contribution in [3.63, 3.8) is 0 Å². The largest absolute Gasteiger partial charge is 0.508 e. The summed E-state index contributed by atoms with van der Waals surface area (Å²) in [5, 5.41) is 26.8. The van der Waals surface area contributed by atoms with Crippen LogP contribution in [0, 0.1) is 11.8 Å². The fraction of sp³-hybridized carbons (Fsp3) is 0.588. The van der Waals surface area contributed by atoms with Gasteiger partial charge in [0.2, 0.25) is 0 Å². The van der Waals surface area contributed by atoms with Gasteiger partial charge in [0.25, 0.3) is 0 Å². The first-order chi connectivity index (χ1) is 9.79. The molecular formula is C17H30O4. The molecule has 4 nitrogen and oxygen atoms in total. The minimum absolute atomic E-state index is 0.0324.